The number of nitrogen functional groups attached to an aromatic ring is 1. The van der Waals surface area contributed by atoms with Crippen LogP contribution in [0.3, 0.4) is 0 Å². The Morgan fingerprint density at radius 3 is 2.60 bits per heavy atom. The quantitative estimate of drug-likeness (QED) is 0.726. The van der Waals surface area contributed by atoms with Gasteiger partial charge in [0.15, 0.2) is 17.5 Å². The molecule has 0 bridgehead atoms. The van der Waals surface area contributed by atoms with Gasteiger partial charge in [0.1, 0.15) is 5.69 Å². The minimum absolute atomic E-state index is 0.0230. The van der Waals surface area contributed by atoms with Crippen LogP contribution >= 0.6 is 23.2 Å². The highest BCUT2D eigenvalue weighted by Gasteiger charge is 2.15. The summed E-state index contributed by atoms with van der Waals surface area (Å²) >= 11 is 12.2. The fourth-order valence-electron chi connectivity index (χ4n) is 2.26. The van der Waals surface area contributed by atoms with E-state index in [2.05, 4.69) is 10.1 Å². The van der Waals surface area contributed by atoms with Gasteiger partial charge in [0.2, 0.25) is 5.62 Å². The Kier molecular flexibility index (Phi) is 4.69. The molecule has 0 unspecified atom stereocenters. The van der Waals surface area contributed by atoms with E-state index in [4.69, 9.17) is 34.3 Å². The van der Waals surface area contributed by atoms with Crippen molar-refractivity contribution in [3.05, 3.63) is 69.3 Å². The second-order valence-electron chi connectivity index (χ2n) is 5.14. The van der Waals surface area contributed by atoms with E-state index in [1.165, 1.54) is 12.1 Å². The van der Waals surface area contributed by atoms with E-state index >= 15 is 0 Å². The molecule has 0 amide bonds. The maximum atomic E-state index is 13.9. The molecular formula is C16H11Cl2F2N5. The number of nitrogens with two attached hydrogens (primary N) is 1. The second kappa shape index (κ2) is 6.78. The summed E-state index contributed by atoms with van der Waals surface area (Å²) in [6.07, 6.45) is 0. The summed E-state index contributed by atoms with van der Waals surface area (Å²) in [5.74, 6) is -2.01. The number of anilines is 1. The predicted octanol–water partition coefficient (Wildman–Crippen LogP) is 3.64. The molecule has 9 heteroatoms. The molecule has 0 atom stereocenters. The van der Waals surface area contributed by atoms with Crippen molar-refractivity contribution in [3.8, 4) is 11.3 Å². The van der Waals surface area contributed by atoms with Crippen LogP contribution in [0.15, 0.2) is 36.4 Å². The van der Waals surface area contributed by atoms with E-state index in [1.807, 2.05) is 0 Å². The van der Waals surface area contributed by atoms with Crippen molar-refractivity contribution < 1.29 is 8.78 Å². The lowest BCUT2D eigenvalue weighted by Crippen LogP contribution is -2.28. The standard InChI is InChI=1S/C16H11Cl2F2N5/c17-10-5-2-4-9(12(10)18)14-15(21)23-16(22)25(24-14)7-8-3-1-6-11(19)13(8)20/h1-6H,7H2,(H3,21,22,23). The van der Waals surface area contributed by atoms with Crippen molar-refractivity contribution in [3.63, 3.8) is 0 Å². The number of rotatable bonds is 3. The topological polar surface area (TPSA) is 80.6 Å². The summed E-state index contributed by atoms with van der Waals surface area (Å²) in [5, 5.41) is 12.6. The molecule has 3 rings (SSSR count). The first-order valence-corrected chi connectivity index (χ1v) is 7.80. The van der Waals surface area contributed by atoms with Crippen molar-refractivity contribution in [2.24, 2.45) is 0 Å². The monoisotopic (exact) mass is 381 g/mol. The summed E-state index contributed by atoms with van der Waals surface area (Å²) in [6.45, 7) is -0.194. The van der Waals surface area contributed by atoms with Gasteiger partial charge >= 0.3 is 0 Å². The number of hydrogen-bond donors (Lipinski definition) is 2. The van der Waals surface area contributed by atoms with Crippen LogP contribution in [0.5, 0.6) is 0 Å². The number of nitrogens with one attached hydrogen (secondary N) is 1. The fraction of sp³-hybridized carbons (Fsp3) is 0.0625. The minimum atomic E-state index is -1.00. The normalized spacial score (nSPS) is 10.9. The van der Waals surface area contributed by atoms with Gasteiger partial charge < -0.3 is 5.73 Å². The Bertz CT molecular complexity index is 1020. The van der Waals surface area contributed by atoms with E-state index in [-0.39, 0.29) is 34.3 Å². The molecule has 0 fully saturated rings. The third-order valence-corrected chi connectivity index (χ3v) is 4.31. The highest BCUT2D eigenvalue weighted by atomic mass is 35.5. The van der Waals surface area contributed by atoms with Gasteiger partial charge in [0.05, 0.1) is 16.6 Å². The van der Waals surface area contributed by atoms with Crippen LogP contribution in [-0.2, 0) is 6.54 Å². The fourth-order valence-corrected chi connectivity index (χ4v) is 2.65. The Labute approximate surface area is 151 Å². The predicted molar refractivity (Wildman–Crippen MR) is 91.2 cm³/mol. The third-order valence-electron chi connectivity index (χ3n) is 3.49. The van der Waals surface area contributed by atoms with Crippen molar-refractivity contribution in [2.75, 3.05) is 5.73 Å². The van der Waals surface area contributed by atoms with Gasteiger partial charge in [-0.25, -0.2) is 13.5 Å². The first-order chi connectivity index (χ1) is 11.9. The molecule has 0 radical (unpaired) electrons. The third kappa shape index (κ3) is 3.33. The van der Waals surface area contributed by atoms with E-state index in [0.717, 1.165) is 10.7 Å². The van der Waals surface area contributed by atoms with Gasteiger partial charge in [-0.2, -0.15) is 10.1 Å². The Hall–Kier alpha value is -2.51. The van der Waals surface area contributed by atoms with Crippen LogP contribution in [0.1, 0.15) is 5.56 Å². The zero-order chi connectivity index (χ0) is 18.1. The molecule has 3 aromatic rings. The Balaban J connectivity index is 2.12. The first kappa shape index (κ1) is 17.3. The highest BCUT2D eigenvalue weighted by Crippen LogP contribution is 2.33. The van der Waals surface area contributed by atoms with Crippen molar-refractivity contribution in [2.45, 2.75) is 6.54 Å². The molecule has 2 aromatic carbocycles. The molecule has 25 heavy (non-hydrogen) atoms. The lowest BCUT2D eigenvalue weighted by Gasteiger charge is -2.12. The number of aromatic nitrogens is 3. The summed E-state index contributed by atoms with van der Waals surface area (Å²) in [5.41, 5.74) is 6.19. The molecule has 0 saturated carbocycles. The largest absolute Gasteiger partial charge is 0.382 e. The molecular weight excluding hydrogens is 371 g/mol. The highest BCUT2D eigenvalue weighted by molar-refractivity contribution is 6.43. The first-order valence-electron chi connectivity index (χ1n) is 7.05. The zero-order valence-corrected chi connectivity index (χ0v) is 14.1. The number of halogens is 4. The second-order valence-corrected chi connectivity index (χ2v) is 5.93. The molecule has 5 nitrogen and oxygen atoms in total. The van der Waals surface area contributed by atoms with Gasteiger partial charge in [0.25, 0.3) is 0 Å². The van der Waals surface area contributed by atoms with Gasteiger partial charge in [-0.1, -0.05) is 47.5 Å². The lowest BCUT2D eigenvalue weighted by molar-refractivity contribution is 0.486. The SMILES string of the molecule is N=c1nc(N)c(-c2cccc(Cl)c2Cl)nn1Cc1cccc(F)c1F. The average Bonchev–Trinajstić information content (AvgIpc) is 2.57. The van der Waals surface area contributed by atoms with Crippen molar-refractivity contribution in [1.82, 2.24) is 14.8 Å². The van der Waals surface area contributed by atoms with Crippen molar-refractivity contribution in [1.29, 1.82) is 5.41 Å². The Morgan fingerprint density at radius 1 is 1.12 bits per heavy atom. The maximum absolute atomic E-state index is 13.9. The number of nitrogens with zero attached hydrogens (tertiary/aromatic N) is 3. The summed E-state index contributed by atoms with van der Waals surface area (Å²) in [4.78, 5) is 3.90. The maximum Gasteiger partial charge on any atom is 0.241 e. The van der Waals surface area contributed by atoms with Crippen LogP contribution in [0, 0.1) is 17.0 Å². The molecule has 0 aliphatic carbocycles. The van der Waals surface area contributed by atoms with E-state index < -0.39 is 11.6 Å². The smallest absolute Gasteiger partial charge is 0.241 e. The van der Waals surface area contributed by atoms with Gasteiger partial charge in [-0.05, 0) is 12.1 Å². The van der Waals surface area contributed by atoms with Crippen LogP contribution < -0.4 is 11.4 Å². The van der Waals surface area contributed by atoms with Crippen molar-refractivity contribution >= 4 is 29.0 Å². The average molecular weight is 382 g/mol. The van der Waals surface area contributed by atoms with Gasteiger partial charge in [-0.3, -0.25) is 5.41 Å². The molecule has 1 aromatic heterocycles. The van der Waals surface area contributed by atoms with Crippen LogP contribution in [0.4, 0.5) is 14.6 Å². The molecule has 0 aliphatic heterocycles. The Morgan fingerprint density at radius 2 is 1.84 bits per heavy atom. The summed E-state index contributed by atoms with van der Waals surface area (Å²) in [7, 11) is 0. The molecule has 128 valence electrons. The molecule has 0 spiro atoms. The van der Waals surface area contributed by atoms with Gasteiger partial charge in [0, 0.05) is 11.1 Å². The van der Waals surface area contributed by atoms with Crippen LogP contribution in [0.25, 0.3) is 11.3 Å². The molecule has 0 aliphatic rings. The zero-order valence-electron chi connectivity index (χ0n) is 12.6. The van der Waals surface area contributed by atoms with Crippen LogP contribution in [-0.4, -0.2) is 14.8 Å². The van der Waals surface area contributed by atoms with E-state index in [0.29, 0.717) is 10.6 Å². The minimum Gasteiger partial charge on any atom is -0.382 e. The summed E-state index contributed by atoms with van der Waals surface area (Å²) < 4.78 is 28.3. The lowest BCUT2D eigenvalue weighted by atomic mass is 10.1. The molecule has 1 heterocycles. The molecule has 0 saturated heterocycles. The number of benzene rings is 2. The van der Waals surface area contributed by atoms with Crippen LogP contribution in [0.2, 0.25) is 10.0 Å². The number of hydrogen-bond acceptors (Lipinski definition) is 4. The van der Waals surface area contributed by atoms with E-state index in [1.54, 1.807) is 18.2 Å². The summed E-state index contributed by atoms with van der Waals surface area (Å²) in [6, 6.07) is 8.69. The molecule has 3 N–H and O–H groups in total. The van der Waals surface area contributed by atoms with Gasteiger partial charge in [-0.15, -0.1) is 0 Å². The van der Waals surface area contributed by atoms with E-state index in [9.17, 15) is 8.78 Å².